The molecular formula is C20H17BrN2O3S2. The molecule has 4 aromatic rings. The first kappa shape index (κ1) is 19.3. The highest BCUT2D eigenvalue weighted by molar-refractivity contribution is 9.09. The van der Waals surface area contributed by atoms with E-state index in [1.807, 2.05) is 30.5 Å². The second-order valence-corrected chi connectivity index (χ2v) is 9.27. The molecule has 0 saturated heterocycles. The van der Waals surface area contributed by atoms with Crippen LogP contribution in [0.4, 0.5) is 0 Å². The zero-order valence-corrected chi connectivity index (χ0v) is 18.1. The van der Waals surface area contributed by atoms with Gasteiger partial charge in [0.1, 0.15) is 21.4 Å². The van der Waals surface area contributed by atoms with Crippen molar-refractivity contribution < 1.29 is 9.32 Å². The van der Waals surface area contributed by atoms with Gasteiger partial charge in [-0.1, -0.05) is 28.1 Å². The smallest absolute Gasteiger partial charge is 0.266 e. The first-order chi connectivity index (χ1) is 13.5. The number of aromatic nitrogens is 1. The summed E-state index contributed by atoms with van der Waals surface area (Å²) in [4.78, 5) is 15.8. The molecule has 8 heteroatoms. The third-order valence-corrected chi connectivity index (χ3v) is 7.67. The van der Waals surface area contributed by atoms with Crippen molar-refractivity contribution in [1.82, 2.24) is 9.71 Å². The normalized spacial score (nSPS) is 13.8. The average Bonchev–Trinajstić information content (AvgIpc) is 3.19. The lowest BCUT2D eigenvalue weighted by Crippen LogP contribution is -2.29. The fraction of sp³-hybridized carbons (Fsp3) is 0.150. The van der Waals surface area contributed by atoms with Crippen LogP contribution in [0.25, 0.3) is 32.1 Å². The lowest BCUT2D eigenvalue weighted by molar-refractivity contribution is 0.478. The fourth-order valence-electron chi connectivity index (χ4n) is 3.16. The van der Waals surface area contributed by atoms with Gasteiger partial charge >= 0.3 is 0 Å². The van der Waals surface area contributed by atoms with Crippen molar-refractivity contribution in [2.24, 2.45) is 0 Å². The van der Waals surface area contributed by atoms with Crippen LogP contribution in [-0.4, -0.2) is 25.7 Å². The van der Waals surface area contributed by atoms with Gasteiger partial charge in [-0.15, -0.1) is 11.3 Å². The minimum atomic E-state index is -1.32. The summed E-state index contributed by atoms with van der Waals surface area (Å²) in [6.45, 7) is 1.95. The second-order valence-electron chi connectivity index (χ2n) is 6.47. The number of hydrogen-bond acceptors (Lipinski definition) is 4. The van der Waals surface area contributed by atoms with Crippen molar-refractivity contribution >= 4 is 59.2 Å². The second kappa shape index (κ2) is 7.79. The van der Waals surface area contributed by atoms with E-state index in [9.17, 15) is 14.1 Å². The van der Waals surface area contributed by atoms with Gasteiger partial charge in [-0.25, -0.2) is 8.93 Å². The van der Waals surface area contributed by atoms with Gasteiger partial charge in [0.2, 0.25) is 0 Å². The molecular weight excluding hydrogens is 460 g/mol. The van der Waals surface area contributed by atoms with Crippen LogP contribution in [-0.2, 0) is 11.0 Å². The summed E-state index contributed by atoms with van der Waals surface area (Å²) in [7, 11) is -1.32. The van der Waals surface area contributed by atoms with Crippen LogP contribution in [0.2, 0.25) is 0 Å². The monoisotopic (exact) mass is 476 g/mol. The molecule has 3 N–H and O–H groups in total. The van der Waals surface area contributed by atoms with Crippen molar-refractivity contribution in [3.05, 3.63) is 58.2 Å². The molecule has 144 valence electrons. The molecule has 2 unspecified atom stereocenters. The quantitative estimate of drug-likeness (QED) is 0.370. The van der Waals surface area contributed by atoms with Crippen molar-refractivity contribution in [3.63, 3.8) is 0 Å². The molecule has 0 fully saturated rings. The maximum absolute atomic E-state index is 12.4. The van der Waals surface area contributed by atoms with E-state index >= 15 is 0 Å². The zero-order chi connectivity index (χ0) is 19.8. The molecule has 0 aliphatic heterocycles. The topological polar surface area (TPSA) is 82.2 Å². The van der Waals surface area contributed by atoms with E-state index in [4.69, 9.17) is 0 Å². The summed E-state index contributed by atoms with van der Waals surface area (Å²) < 4.78 is 16.1. The van der Waals surface area contributed by atoms with Crippen LogP contribution in [0.1, 0.15) is 6.92 Å². The van der Waals surface area contributed by atoms with Crippen molar-refractivity contribution in [1.29, 1.82) is 0 Å². The summed E-state index contributed by atoms with van der Waals surface area (Å²) in [6.07, 6.45) is 0. The SMILES string of the molecule is CC(CBr)NS(=O)c1ccc(-c2c(O)ccc3[nH]c(=O)c4sccc4c23)cc1. The molecule has 0 saturated carbocycles. The molecule has 2 aromatic heterocycles. The molecule has 2 atom stereocenters. The summed E-state index contributed by atoms with van der Waals surface area (Å²) in [5, 5.41) is 14.8. The molecule has 0 aliphatic carbocycles. The lowest BCUT2D eigenvalue weighted by atomic mass is 9.97. The highest BCUT2D eigenvalue weighted by atomic mass is 79.9. The van der Waals surface area contributed by atoms with Crippen molar-refractivity contribution in [2.45, 2.75) is 17.9 Å². The highest BCUT2D eigenvalue weighted by Gasteiger charge is 2.16. The van der Waals surface area contributed by atoms with Crippen LogP contribution in [0, 0.1) is 0 Å². The number of rotatable bonds is 5. The number of aromatic amines is 1. The molecule has 4 rings (SSSR count). The molecule has 5 nitrogen and oxygen atoms in total. The molecule has 2 heterocycles. The molecule has 0 bridgehead atoms. The predicted octanol–water partition coefficient (Wildman–Crippen LogP) is 4.51. The number of nitrogens with one attached hydrogen (secondary N) is 2. The van der Waals surface area contributed by atoms with Crippen molar-refractivity contribution in [2.75, 3.05) is 5.33 Å². The number of benzene rings is 2. The van der Waals surface area contributed by atoms with E-state index in [1.54, 1.807) is 24.3 Å². The van der Waals surface area contributed by atoms with E-state index in [0.717, 1.165) is 16.3 Å². The Morgan fingerprint density at radius 3 is 2.68 bits per heavy atom. The van der Waals surface area contributed by atoms with Gasteiger partial charge in [-0.2, -0.15) is 0 Å². The summed E-state index contributed by atoms with van der Waals surface area (Å²) >= 11 is 4.74. The van der Waals surface area contributed by atoms with Crippen molar-refractivity contribution in [3.8, 4) is 16.9 Å². The zero-order valence-electron chi connectivity index (χ0n) is 14.9. The fourth-order valence-corrected chi connectivity index (χ4v) is 5.30. The largest absolute Gasteiger partial charge is 0.507 e. The molecule has 0 amide bonds. The van der Waals surface area contributed by atoms with Gasteiger partial charge < -0.3 is 10.1 Å². The number of hydrogen-bond donors (Lipinski definition) is 3. The highest BCUT2D eigenvalue weighted by Crippen LogP contribution is 2.39. The minimum absolute atomic E-state index is 0.0753. The Bertz CT molecular complexity index is 1250. The predicted molar refractivity (Wildman–Crippen MR) is 120 cm³/mol. The number of aromatic hydroxyl groups is 1. The lowest BCUT2D eigenvalue weighted by Gasteiger charge is -2.12. The number of alkyl halides is 1. The van der Waals surface area contributed by atoms with Crippen LogP contribution in [0.15, 0.2) is 57.5 Å². The van der Waals surface area contributed by atoms with E-state index in [-0.39, 0.29) is 17.4 Å². The summed E-state index contributed by atoms with van der Waals surface area (Å²) in [5.74, 6) is 0.131. The van der Waals surface area contributed by atoms with Gasteiger partial charge in [0.05, 0.1) is 4.90 Å². The number of phenols is 1. The Morgan fingerprint density at radius 1 is 1.21 bits per heavy atom. The van der Waals surface area contributed by atoms with Gasteiger partial charge in [0, 0.05) is 33.2 Å². The first-order valence-corrected chi connectivity index (χ1v) is 11.7. The Balaban J connectivity index is 1.85. The van der Waals surface area contributed by atoms with Gasteiger partial charge in [0.15, 0.2) is 0 Å². The van der Waals surface area contributed by atoms with E-state index in [0.29, 0.717) is 26.0 Å². The molecule has 0 spiro atoms. The number of halogens is 1. The Kier molecular flexibility index (Phi) is 5.37. The third-order valence-electron chi connectivity index (χ3n) is 4.47. The Morgan fingerprint density at radius 2 is 1.96 bits per heavy atom. The Hall–Kier alpha value is -2.00. The van der Waals surface area contributed by atoms with Crippen LogP contribution < -0.4 is 10.3 Å². The first-order valence-electron chi connectivity index (χ1n) is 8.59. The number of H-pyrrole nitrogens is 1. The number of pyridine rings is 1. The van der Waals surface area contributed by atoms with E-state index in [2.05, 4.69) is 25.6 Å². The van der Waals surface area contributed by atoms with Gasteiger partial charge in [-0.3, -0.25) is 4.79 Å². The number of fused-ring (bicyclic) bond motifs is 3. The standard InChI is InChI=1S/C20H17BrN2O3S2/c1-11(10-21)23-28(26)13-4-2-12(3-5-13)17-16(24)7-6-15-18(17)14-8-9-27-19(14)20(25)22-15/h2-9,11,23-24H,10H2,1H3,(H,22,25). The molecule has 0 radical (unpaired) electrons. The van der Waals surface area contributed by atoms with Crippen LogP contribution >= 0.6 is 27.3 Å². The van der Waals surface area contributed by atoms with Crippen LogP contribution in [0.5, 0.6) is 5.75 Å². The number of thiophene rings is 1. The summed E-state index contributed by atoms with van der Waals surface area (Å²) in [5.41, 5.74) is 1.98. The summed E-state index contributed by atoms with van der Waals surface area (Å²) in [6, 6.07) is 12.5. The van der Waals surface area contributed by atoms with E-state index < -0.39 is 11.0 Å². The van der Waals surface area contributed by atoms with Gasteiger partial charge in [-0.05, 0) is 48.2 Å². The molecule has 28 heavy (non-hydrogen) atoms. The maximum atomic E-state index is 12.4. The Labute approximate surface area is 176 Å². The number of phenolic OH excluding ortho intramolecular Hbond substituents is 1. The minimum Gasteiger partial charge on any atom is -0.507 e. The third kappa shape index (κ3) is 3.41. The molecule has 2 aromatic carbocycles. The maximum Gasteiger partial charge on any atom is 0.266 e. The van der Waals surface area contributed by atoms with Crippen LogP contribution in [0.3, 0.4) is 0 Å². The van der Waals surface area contributed by atoms with Gasteiger partial charge in [0.25, 0.3) is 5.56 Å². The average molecular weight is 477 g/mol. The molecule has 0 aliphatic rings. The van der Waals surface area contributed by atoms with E-state index in [1.165, 1.54) is 11.3 Å².